The van der Waals surface area contributed by atoms with E-state index in [1.54, 1.807) is 14.2 Å². The average Bonchev–Trinajstić information content (AvgIpc) is 2.63. The molecule has 0 heterocycles. The van der Waals surface area contributed by atoms with Gasteiger partial charge in [0.25, 0.3) is 0 Å². The van der Waals surface area contributed by atoms with Crippen LogP contribution in [0.2, 0.25) is 0 Å². The fourth-order valence-electron chi connectivity index (χ4n) is 4.03. The lowest BCUT2D eigenvalue weighted by Gasteiger charge is -2.29. The summed E-state index contributed by atoms with van der Waals surface area (Å²) in [6.07, 6.45) is 1.95. The number of aryl methyl sites for hydroxylation is 4. The highest BCUT2D eigenvalue weighted by Gasteiger charge is 2.26. The van der Waals surface area contributed by atoms with Crippen LogP contribution in [0.25, 0.3) is 0 Å². The monoisotopic (exact) mass is 465 g/mol. The van der Waals surface area contributed by atoms with Gasteiger partial charge in [-0.2, -0.15) is 0 Å². The number of hydrogen-bond acceptors (Lipinski definition) is 4. The van der Waals surface area contributed by atoms with Gasteiger partial charge in [0.2, 0.25) is 10.0 Å². The molecule has 5 nitrogen and oxygen atoms in total. The molecular formula is C24H36NO4PS. The van der Waals surface area contributed by atoms with Gasteiger partial charge in [-0.05, 0) is 105 Å². The summed E-state index contributed by atoms with van der Waals surface area (Å²) in [5.41, 5.74) is 4.35. The first-order valence-corrected chi connectivity index (χ1v) is 13.8. The van der Waals surface area contributed by atoms with Crippen LogP contribution in [0.15, 0.2) is 24.3 Å². The number of methoxy groups -OCH3 is 2. The van der Waals surface area contributed by atoms with Crippen molar-refractivity contribution in [3.8, 4) is 11.5 Å². The van der Waals surface area contributed by atoms with E-state index in [0.29, 0.717) is 0 Å². The Morgan fingerprint density at radius 2 is 1.19 bits per heavy atom. The quantitative estimate of drug-likeness (QED) is 0.570. The van der Waals surface area contributed by atoms with Gasteiger partial charge in [-0.1, -0.05) is 13.8 Å². The van der Waals surface area contributed by atoms with Crippen molar-refractivity contribution in [2.24, 2.45) is 5.92 Å². The van der Waals surface area contributed by atoms with Crippen LogP contribution in [0.3, 0.4) is 0 Å². The molecule has 0 radical (unpaired) electrons. The molecule has 0 unspecified atom stereocenters. The molecule has 2 aromatic rings. The lowest BCUT2D eigenvalue weighted by Crippen LogP contribution is -2.41. The van der Waals surface area contributed by atoms with Gasteiger partial charge in [0.1, 0.15) is 11.5 Å². The minimum atomic E-state index is -3.31. The molecule has 0 aliphatic rings. The van der Waals surface area contributed by atoms with Crippen LogP contribution in [0, 0.1) is 33.6 Å². The van der Waals surface area contributed by atoms with Crippen molar-refractivity contribution < 1.29 is 17.9 Å². The molecule has 7 heteroatoms. The lowest BCUT2D eigenvalue weighted by molar-refractivity contribution is 0.408. The summed E-state index contributed by atoms with van der Waals surface area (Å²) in [6.45, 7) is 12.4. The third-order valence-corrected chi connectivity index (χ3v) is 8.72. The summed E-state index contributed by atoms with van der Waals surface area (Å²) in [5.74, 6) is 1.96. The van der Waals surface area contributed by atoms with E-state index < -0.39 is 17.9 Å². The molecule has 0 aromatic heterocycles. The first-order valence-electron chi connectivity index (χ1n) is 10.4. The molecule has 0 aliphatic heterocycles. The maximum absolute atomic E-state index is 12.0. The fraction of sp³-hybridized carbons (Fsp3) is 0.500. The molecule has 1 N–H and O–H groups in total. The van der Waals surface area contributed by atoms with Gasteiger partial charge in [0.15, 0.2) is 0 Å². The van der Waals surface area contributed by atoms with Crippen molar-refractivity contribution in [2.45, 2.75) is 47.6 Å². The molecule has 0 saturated carbocycles. The van der Waals surface area contributed by atoms with Crippen molar-refractivity contribution in [3.63, 3.8) is 0 Å². The maximum Gasteiger partial charge on any atom is 0.208 e. The highest BCUT2D eigenvalue weighted by atomic mass is 32.2. The van der Waals surface area contributed by atoms with Gasteiger partial charge >= 0.3 is 0 Å². The molecular weight excluding hydrogens is 429 g/mol. The molecule has 2 rings (SSSR count). The van der Waals surface area contributed by atoms with Gasteiger partial charge in [-0.3, -0.25) is 0 Å². The zero-order chi connectivity index (χ0) is 23.5. The summed E-state index contributed by atoms with van der Waals surface area (Å²) >= 11 is 0. The Kier molecular flexibility index (Phi) is 8.54. The Bertz CT molecular complexity index is 928. The smallest absolute Gasteiger partial charge is 0.208 e. The molecule has 0 spiro atoms. The molecule has 0 fully saturated rings. The molecule has 2 aromatic carbocycles. The summed E-state index contributed by atoms with van der Waals surface area (Å²) in [4.78, 5) is 0. The van der Waals surface area contributed by atoms with Crippen LogP contribution < -0.4 is 24.8 Å². The van der Waals surface area contributed by atoms with Crippen molar-refractivity contribution in [1.82, 2.24) is 4.72 Å². The van der Waals surface area contributed by atoms with Crippen LogP contribution in [-0.4, -0.2) is 41.1 Å². The highest BCUT2D eigenvalue weighted by Crippen LogP contribution is 2.39. The number of nitrogens with one attached hydrogen (secondary N) is 1. The number of hydrogen-bond donors (Lipinski definition) is 1. The summed E-state index contributed by atoms with van der Waals surface area (Å²) in [7, 11) is -0.739. The van der Waals surface area contributed by atoms with E-state index in [1.807, 2.05) is 0 Å². The normalized spacial score (nSPS) is 13.0. The van der Waals surface area contributed by atoms with E-state index in [-0.39, 0.29) is 12.0 Å². The van der Waals surface area contributed by atoms with E-state index in [4.69, 9.17) is 9.47 Å². The third-order valence-electron chi connectivity index (χ3n) is 5.47. The second-order valence-electron chi connectivity index (χ2n) is 8.58. The largest absolute Gasteiger partial charge is 0.496 e. The van der Waals surface area contributed by atoms with E-state index in [1.165, 1.54) is 16.9 Å². The first-order chi connectivity index (χ1) is 14.4. The van der Waals surface area contributed by atoms with Crippen LogP contribution in [0.5, 0.6) is 11.5 Å². The van der Waals surface area contributed by atoms with Gasteiger partial charge < -0.3 is 9.47 Å². The van der Waals surface area contributed by atoms with Crippen LogP contribution in [-0.2, 0) is 10.0 Å². The predicted molar refractivity (Wildman–Crippen MR) is 133 cm³/mol. The standard InChI is InChI=1S/C24H36NO4PS/c1-15(2)22(25-31(9,26)27)14-30(20-10-16(3)23(28-7)17(4)11-20)21-12-18(5)24(29-8)19(6)13-21/h10-13,15,22,25H,14H2,1-9H3/t22-/m1/s1. The lowest BCUT2D eigenvalue weighted by atomic mass is 10.1. The summed E-state index contributed by atoms with van der Waals surface area (Å²) in [6, 6.07) is 8.58. The van der Waals surface area contributed by atoms with Crippen molar-refractivity contribution in [1.29, 1.82) is 0 Å². The Hall–Kier alpha value is -1.62. The van der Waals surface area contributed by atoms with E-state index in [2.05, 4.69) is 70.5 Å². The number of sulfonamides is 1. The fourth-order valence-corrected chi connectivity index (χ4v) is 8.08. The summed E-state index contributed by atoms with van der Waals surface area (Å²) < 4.78 is 38.1. The number of ether oxygens (including phenoxy) is 2. The van der Waals surface area contributed by atoms with Crippen LogP contribution in [0.1, 0.15) is 36.1 Å². The molecule has 0 saturated heterocycles. The maximum atomic E-state index is 12.0. The molecule has 0 bridgehead atoms. The molecule has 0 aliphatic carbocycles. The number of benzene rings is 2. The van der Waals surface area contributed by atoms with E-state index in [9.17, 15) is 8.42 Å². The van der Waals surface area contributed by atoms with Crippen molar-refractivity contribution in [3.05, 3.63) is 46.5 Å². The molecule has 1 atom stereocenters. The van der Waals surface area contributed by atoms with E-state index >= 15 is 0 Å². The second kappa shape index (κ2) is 10.3. The third kappa shape index (κ3) is 6.44. The zero-order valence-electron chi connectivity index (χ0n) is 20.2. The highest BCUT2D eigenvalue weighted by molar-refractivity contribution is 7.88. The van der Waals surface area contributed by atoms with Gasteiger partial charge in [-0.25, -0.2) is 13.1 Å². The van der Waals surface area contributed by atoms with Crippen molar-refractivity contribution >= 4 is 28.6 Å². The minimum Gasteiger partial charge on any atom is -0.496 e. The number of rotatable bonds is 9. The average molecular weight is 466 g/mol. The van der Waals surface area contributed by atoms with Crippen molar-refractivity contribution in [2.75, 3.05) is 26.6 Å². The topological polar surface area (TPSA) is 64.6 Å². The Morgan fingerprint density at radius 3 is 1.45 bits per heavy atom. The Labute approximate surface area is 189 Å². The summed E-state index contributed by atoms with van der Waals surface area (Å²) in [5, 5.41) is 2.44. The minimum absolute atomic E-state index is 0.161. The first kappa shape index (κ1) is 25.6. The van der Waals surface area contributed by atoms with Gasteiger partial charge in [0.05, 0.1) is 20.5 Å². The SMILES string of the molecule is COc1c(C)cc(P(C[C@@H](NS(C)(=O)=O)C(C)C)c2cc(C)c(OC)c(C)c2)cc1C. The second-order valence-corrected chi connectivity index (χ2v) is 12.6. The predicted octanol–water partition coefficient (Wildman–Crippen LogP) is 3.94. The van der Waals surface area contributed by atoms with Crippen LogP contribution >= 0.6 is 7.92 Å². The Morgan fingerprint density at radius 1 is 0.839 bits per heavy atom. The zero-order valence-corrected chi connectivity index (χ0v) is 21.9. The van der Waals surface area contributed by atoms with Gasteiger partial charge in [0, 0.05) is 6.04 Å². The molecule has 31 heavy (non-hydrogen) atoms. The van der Waals surface area contributed by atoms with Crippen LogP contribution in [0.4, 0.5) is 0 Å². The Balaban J connectivity index is 2.65. The van der Waals surface area contributed by atoms with Gasteiger partial charge in [-0.15, -0.1) is 0 Å². The van der Waals surface area contributed by atoms with E-state index in [0.717, 1.165) is 39.9 Å². The molecule has 0 amide bonds. The molecule has 172 valence electrons.